The van der Waals surface area contributed by atoms with Crippen molar-refractivity contribution >= 4 is 34.8 Å². The molecule has 0 heterocycles. The molecule has 0 radical (unpaired) electrons. The van der Waals surface area contributed by atoms with Crippen molar-refractivity contribution in [2.45, 2.75) is 13.8 Å². The average Bonchev–Trinajstić information content (AvgIpc) is 2.60. The van der Waals surface area contributed by atoms with Gasteiger partial charge in [-0.15, -0.1) is 0 Å². The van der Waals surface area contributed by atoms with Gasteiger partial charge in [-0.25, -0.2) is 0 Å². The van der Waals surface area contributed by atoms with Gasteiger partial charge in [0.2, 0.25) is 11.8 Å². The van der Waals surface area contributed by atoms with Gasteiger partial charge in [-0.3, -0.25) is 14.4 Å². The molecule has 0 aliphatic carbocycles. The average molecular weight is 371 g/mol. The number of benzene rings is 2. The highest BCUT2D eigenvalue weighted by Gasteiger charge is 2.11. The van der Waals surface area contributed by atoms with Gasteiger partial charge < -0.3 is 25.4 Å². The lowest BCUT2D eigenvalue weighted by atomic mass is 10.2. The van der Waals surface area contributed by atoms with Gasteiger partial charge in [-0.2, -0.15) is 0 Å². The molecule has 0 saturated heterocycles. The lowest BCUT2D eigenvalue weighted by molar-refractivity contribution is -0.118. The van der Waals surface area contributed by atoms with Gasteiger partial charge in [0.05, 0.1) is 18.5 Å². The van der Waals surface area contributed by atoms with Crippen molar-refractivity contribution < 1.29 is 23.9 Å². The number of para-hydroxylation sites is 2. The number of hydrogen-bond donors (Lipinski definition) is 3. The Balaban J connectivity index is 2.06. The predicted molar refractivity (Wildman–Crippen MR) is 102 cm³/mol. The summed E-state index contributed by atoms with van der Waals surface area (Å²) in [6.45, 7) is 2.50. The van der Waals surface area contributed by atoms with Gasteiger partial charge in [0.15, 0.2) is 6.61 Å². The van der Waals surface area contributed by atoms with E-state index in [1.54, 1.807) is 42.5 Å². The molecule has 0 spiro atoms. The van der Waals surface area contributed by atoms with Crippen molar-refractivity contribution in [1.29, 1.82) is 0 Å². The Kier molecular flexibility index (Phi) is 6.76. The maximum absolute atomic E-state index is 12.3. The monoisotopic (exact) mass is 371 g/mol. The molecule has 2 aromatic rings. The van der Waals surface area contributed by atoms with Crippen molar-refractivity contribution in [2.24, 2.45) is 0 Å². The largest absolute Gasteiger partial charge is 0.495 e. The van der Waals surface area contributed by atoms with Crippen LogP contribution in [0, 0.1) is 0 Å². The van der Waals surface area contributed by atoms with Crippen LogP contribution in [-0.4, -0.2) is 31.4 Å². The summed E-state index contributed by atoms with van der Waals surface area (Å²) in [6, 6.07) is 11.7. The smallest absolute Gasteiger partial charge is 0.262 e. The molecule has 0 bridgehead atoms. The Morgan fingerprint density at radius 1 is 0.852 bits per heavy atom. The second-order valence-electron chi connectivity index (χ2n) is 5.61. The summed E-state index contributed by atoms with van der Waals surface area (Å²) in [6.07, 6.45) is 0. The quantitative estimate of drug-likeness (QED) is 0.694. The van der Waals surface area contributed by atoms with Crippen LogP contribution in [0.5, 0.6) is 11.5 Å². The second-order valence-corrected chi connectivity index (χ2v) is 5.61. The third-order valence-electron chi connectivity index (χ3n) is 3.35. The highest BCUT2D eigenvalue weighted by atomic mass is 16.5. The SMILES string of the molecule is COc1ccc(NC(C)=O)cc1NC(=O)COc1ccccc1NC(C)=O. The molecular weight excluding hydrogens is 350 g/mol. The third kappa shape index (κ3) is 6.03. The van der Waals surface area contributed by atoms with E-state index in [2.05, 4.69) is 16.0 Å². The van der Waals surface area contributed by atoms with E-state index in [9.17, 15) is 14.4 Å². The zero-order chi connectivity index (χ0) is 19.8. The van der Waals surface area contributed by atoms with Crippen LogP contribution in [0.25, 0.3) is 0 Å². The summed E-state index contributed by atoms with van der Waals surface area (Å²) in [4.78, 5) is 34.7. The molecular formula is C19H21N3O5. The lowest BCUT2D eigenvalue weighted by Gasteiger charge is -2.14. The molecule has 0 aromatic heterocycles. The fourth-order valence-corrected chi connectivity index (χ4v) is 2.30. The number of amides is 3. The maximum atomic E-state index is 12.3. The summed E-state index contributed by atoms with van der Waals surface area (Å²) in [5.41, 5.74) is 1.39. The van der Waals surface area contributed by atoms with E-state index < -0.39 is 5.91 Å². The number of methoxy groups -OCH3 is 1. The van der Waals surface area contributed by atoms with Crippen molar-refractivity contribution in [3.8, 4) is 11.5 Å². The predicted octanol–water partition coefficient (Wildman–Crippen LogP) is 2.63. The Bertz CT molecular complexity index is 851. The maximum Gasteiger partial charge on any atom is 0.262 e. The summed E-state index contributed by atoms with van der Waals surface area (Å²) >= 11 is 0. The van der Waals surface area contributed by atoms with Crippen LogP contribution >= 0.6 is 0 Å². The third-order valence-corrected chi connectivity index (χ3v) is 3.35. The summed E-state index contributed by atoms with van der Waals surface area (Å²) in [5, 5.41) is 7.95. The molecule has 0 aliphatic heterocycles. The van der Waals surface area contributed by atoms with E-state index in [0.717, 1.165) is 0 Å². The molecule has 27 heavy (non-hydrogen) atoms. The molecule has 142 valence electrons. The Hall–Kier alpha value is -3.55. The summed E-state index contributed by atoms with van der Waals surface area (Å²) < 4.78 is 10.7. The van der Waals surface area contributed by atoms with E-state index in [1.165, 1.54) is 21.0 Å². The zero-order valence-corrected chi connectivity index (χ0v) is 15.3. The van der Waals surface area contributed by atoms with E-state index in [-0.39, 0.29) is 18.4 Å². The molecule has 0 atom stereocenters. The van der Waals surface area contributed by atoms with Crippen LogP contribution in [0.2, 0.25) is 0 Å². The van der Waals surface area contributed by atoms with Crippen molar-refractivity contribution in [3.63, 3.8) is 0 Å². The molecule has 0 unspecified atom stereocenters. The van der Waals surface area contributed by atoms with Crippen molar-refractivity contribution in [2.75, 3.05) is 29.7 Å². The number of carbonyl (C=O) groups is 3. The minimum Gasteiger partial charge on any atom is -0.495 e. The molecule has 8 nitrogen and oxygen atoms in total. The van der Waals surface area contributed by atoms with Crippen LogP contribution in [0.15, 0.2) is 42.5 Å². The number of hydrogen-bond acceptors (Lipinski definition) is 5. The Morgan fingerprint density at radius 3 is 2.22 bits per heavy atom. The first-order chi connectivity index (χ1) is 12.9. The zero-order valence-electron chi connectivity index (χ0n) is 15.3. The Labute approximate surface area is 156 Å². The second kappa shape index (κ2) is 9.23. The van der Waals surface area contributed by atoms with Crippen LogP contribution in [-0.2, 0) is 14.4 Å². The van der Waals surface area contributed by atoms with Gasteiger partial charge >= 0.3 is 0 Å². The summed E-state index contributed by atoms with van der Waals surface area (Å²) in [5.74, 6) is -0.0748. The number of ether oxygens (including phenoxy) is 2. The van der Waals surface area contributed by atoms with Crippen LogP contribution in [0.1, 0.15) is 13.8 Å². The van der Waals surface area contributed by atoms with E-state index in [1.807, 2.05) is 0 Å². The molecule has 0 fully saturated rings. The van der Waals surface area contributed by atoms with Crippen LogP contribution < -0.4 is 25.4 Å². The molecule has 2 rings (SSSR count). The number of nitrogens with one attached hydrogen (secondary N) is 3. The van der Waals surface area contributed by atoms with Gasteiger partial charge in [0, 0.05) is 19.5 Å². The van der Waals surface area contributed by atoms with Crippen LogP contribution in [0.4, 0.5) is 17.1 Å². The molecule has 8 heteroatoms. The van der Waals surface area contributed by atoms with Crippen LogP contribution in [0.3, 0.4) is 0 Å². The van der Waals surface area contributed by atoms with Gasteiger partial charge in [0.25, 0.3) is 5.91 Å². The number of rotatable bonds is 7. The van der Waals surface area contributed by atoms with E-state index in [0.29, 0.717) is 28.6 Å². The fourth-order valence-electron chi connectivity index (χ4n) is 2.30. The Morgan fingerprint density at radius 2 is 1.56 bits per heavy atom. The highest BCUT2D eigenvalue weighted by Crippen LogP contribution is 2.28. The molecule has 3 amide bonds. The van der Waals surface area contributed by atoms with Crippen molar-refractivity contribution in [1.82, 2.24) is 0 Å². The first kappa shape index (κ1) is 19.8. The van der Waals surface area contributed by atoms with Gasteiger partial charge in [-0.05, 0) is 30.3 Å². The highest BCUT2D eigenvalue weighted by molar-refractivity contribution is 5.96. The molecule has 2 aromatic carbocycles. The topological polar surface area (TPSA) is 106 Å². The lowest BCUT2D eigenvalue weighted by Crippen LogP contribution is -2.21. The van der Waals surface area contributed by atoms with Gasteiger partial charge in [0.1, 0.15) is 11.5 Å². The first-order valence-electron chi connectivity index (χ1n) is 8.14. The molecule has 3 N–H and O–H groups in total. The standard InChI is InChI=1S/C19H21N3O5/c1-12(23)20-14-8-9-17(26-3)16(10-14)22-19(25)11-27-18-7-5-4-6-15(18)21-13(2)24/h4-10H,11H2,1-3H3,(H,20,23)(H,21,24)(H,22,25). The minimum absolute atomic E-state index is 0.227. The normalized spacial score (nSPS) is 9.89. The molecule has 0 saturated carbocycles. The van der Waals surface area contributed by atoms with Crippen molar-refractivity contribution in [3.05, 3.63) is 42.5 Å². The molecule has 0 aliphatic rings. The minimum atomic E-state index is -0.425. The number of carbonyl (C=O) groups excluding carboxylic acids is 3. The number of anilines is 3. The fraction of sp³-hybridized carbons (Fsp3) is 0.211. The summed E-state index contributed by atoms with van der Waals surface area (Å²) in [7, 11) is 1.48. The van der Waals surface area contributed by atoms with E-state index in [4.69, 9.17) is 9.47 Å². The van der Waals surface area contributed by atoms with Gasteiger partial charge in [-0.1, -0.05) is 12.1 Å². The van der Waals surface area contributed by atoms with E-state index >= 15 is 0 Å². The first-order valence-corrected chi connectivity index (χ1v) is 8.14.